The Kier molecular flexibility index (Phi) is 7.78. The molecule has 2 aromatic carbocycles. The Morgan fingerprint density at radius 1 is 1.18 bits per heavy atom. The Bertz CT molecular complexity index is 1260. The summed E-state index contributed by atoms with van der Waals surface area (Å²) in [6.07, 6.45) is 6.06. The number of hydrogen-bond acceptors (Lipinski definition) is 6. The first-order valence-electron chi connectivity index (χ1n) is 10.0. The Balaban J connectivity index is 1.74. The van der Waals surface area contributed by atoms with Crippen molar-refractivity contribution in [3.05, 3.63) is 96.2 Å². The first-order valence-corrected chi connectivity index (χ1v) is 11.7. The lowest BCUT2D eigenvalue weighted by Gasteiger charge is -2.19. The largest absolute Gasteiger partial charge is 0.494 e. The maximum Gasteiger partial charge on any atom is 0.255 e. The second-order valence-electron chi connectivity index (χ2n) is 7.19. The van der Waals surface area contributed by atoms with Gasteiger partial charge in [0.05, 0.1) is 35.2 Å². The van der Waals surface area contributed by atoms with Crippen molar-refractivity contribution in [2.45, 2.75) is 11.4 Å². The smallest absolute Gasteiger partial charge is 0.255 e. The van der Waals surface area contributed by atoms with E-state index in [4.69, 9.17) is 4.74 Å². The van der Waals surface area contributed by atoms with Crippen LogP contribution in [0, 0.1) is 5.82 Å². The average Bonchev–Trinajstić information content (AvgIpc) is 2.81. The van der Waals surface area contributed by atoms with Crippen LogP contribution in [0.25, 0.3) is 0 Å². The minimum atomic E-state index is -3.80. The zero-order chi connectivity index (χ0) is 23.8. The fourth-order valence-corrected chi connectivity index (χ4v) is 4.49. The highest BCUT2D eigenvalue weighted by atomic mass is 32.2. The standard InChI is InChI=1S/C24H24FN3O4S/c1-28(17-18-7-5-8-19(25)15-18)24(29)20-9-3-4-10-23(20)33(30,31)14-6-12-27-21-16-26-13-11-22(21)32-2/h3-13,15-16,27H,14,17H2,1-2H3. The minimum Gasteiger partial charge on any atom is -0.494 e. The molecule has 0 aliphatic heterocycles. The third-order valence-electron chi connectivity index (χ3n) is 4.78. The molecule has 0 radical (unpaired) electrons. The minimum absolute atomic E-state index is 0.0618. The molecule has 1 heterocycles. The van der Waals surface area contributed by atoms with Crippen molar-refractivity contribution in [3.8, 4) is 5.75 Å². The lowest BCUT2D eigenvalue weighted by atomic mass is 10.1. The van der Waals surface area contributed by atoms with Crippen LogP contribution in [-0.4, -0.2) is 44.1 Å². The summed E-state index contributed by atoms with van der Waals surface area (Å²) in [6.45, 7) is 0.141. The van der Waals surface area contributed by atoms with Gasteiger partial charge in [-0.1, -0.05) is 30.3 Å². The molecule has 3 rings (SSSR count). The van der Waals surface area contributed by atoms with E-state index in [1.54, 1.807) is 49.8 Å². The van der Waals surface area contributed by atoms with Crippen LogP contribution < -0.4 is 10.1 Å². The first kappa shape index (κ1) is 23.9. The van der Waals surface area contributed by atoms with Gasteiger partial charge in [0.15, 0.2) is 9.84 Å². The predicted molar refractivity (Wildman–Crippen MR) is 124 cm³/mol. The van der Waals surface area contributed by atoms with E-state index in [0.717, 1.165) is 0 Å². The fourth-order valence-electron chi connectivity index (χ4n) is 3.18. The number of methoxy groups -OCH3 is 1. The number of aromatic nitrogens is 1. The van der Waals surface area contributed by atoms with E-state index in [1.807, 2.05) is 0 Å². The lowest BCUT2D eigenvalue weighted by Crippen LogP contribution is -2.28. The van der Waals surface area contributed by atoms with Gasteiger partial charge in [-0.2, -0.15) is 0 Å². The van der Waals surface area contributed by atoms with Crippen molar-refractivity contribution in [1.29, 1.82) is 0 Å². The van der Waals surface area contributed by atoms with Gasteiger partial charge in [0, 0.05) is 25.9 Å². The number of anilines is 1. The topological polar surface area (TPSA) is 88.6 Å². The van der Waals surface area contributed by atoms with Crippen molar-refractivity contribution >= 4 is 21.4 Å². The van der Waals surface area contributed by atoms with E-state index in [0.29, 0.717) is 17.0 Å². The number of nitrogens with zero attached hydrogens (tertiary/aromatic N) is 2. The van der Waals surface area contributed by atoms with Crippen LogP contribution in [0.5, 0.6) is 5.75 Å². The molecule has 0 saturated heterocycles. The number of rotatable bonds is 9. The number of sulfone groups is 1. The summed E-state index contributed by atoms with van der Waals surface area (Å²) >= 11 is 0. The number of benzene rings is 2. The van der Waals surface area contributed by atoms with E-state index in [9.17, 15) is 17.6 Å². The number of hydrogen-bond donors (Lipinski definition) is 1. The molecule has 0 fully saturated rings. The molecule has 0 bridgehead atoms. The molecule has 7 nitrogen and oxygen atoms in total. The van der Waals surface area contributed by atoms with Crippen LogP contribution in [-0.2, 0) is 16.4 Å². The third-order valence-corrected chi connectivity index (χ3v) is 6.44. The van der Waals surface area contributed by atoms with Gasteiger partial charge in [-0.15, -0.1) is 0 Å². The highest BCUT2D eigenvalue weighted by molar-refractivity contribution is 7.91. The van der Waals surface area contributed by atoms with E-state index >= 15 is 0 Å². The van der Waals surface area contributed by atoms with E-state index < -0.39 is 21.6 Å². The maximum absolute atomic E-state index is 13.5. The van der Waals surface area contributed by atoms with Crippen LogP contribution in [0.2, 0.25) is 0 Å². The number of ether oxygens (including phenoxy) is 1. The molecule has 1 N–H and O–H groups in total. The van der Waals surface area contributed by atoms with Crippen LogP contribution in [0.15, 0.2) is 84.2 Å². The summed E-state index contributed by atoms with van der Waals surface area (Å²) in [5.74, 6) is -0.628. The van der Waals surface area contributed by atoms with Gasteiger partial charge >= 0.3 is 0 Å². The number of amides is 1. The van der Waals surface area contributed by atoms with Crippen LogP contribution in [0.4, 0.5) is 10.1 Å². The number of nitrogens with one attached hydrogen (secondary N) is 1. The molecule has 0 saturated carbocycles. The van der Waals surface area contributed by atoms with Gasteiger partial charge in [0.2, 0.25) is 0 Å². The lowest BCUT2D eigenvalue weighted by molar-refractivity contribution is 0.0781. The van der Waals surface area contributed by atoms with Crippen LogP contribution in [0.1, 0.15) is 15.9 Å². The highest BCUT2D eigenvalue weighted by Crippen LogP contribution is 2.22. The summed E-state index contributed by atoms with van der Waals surface area (Å²) in [7, 11) is -0.735. The quantitative estimate of drug-likeness (QED) is 0.511. The molecule has 172 valence electrons. The van der Waals surface area contributed by atoms with Crippen molar-refractivity contribution < 1.29 is 22.3 Å². The number of halogens is 1. The van der Waals surface area contributed by atoms with Crippen molar-refractivity contribution in [2.75, 3.05) is 25.2 Å². The van der Waals surface area contributed by atoms with Gasteiger partial charge in [-0.05, 0) is 36.0 Å². The molecule has 0 atom stereocenters. The van der Waals surface area contributed by atoms with Crippen molar-refractivity contribution in [1.82, 2.24) is 9.88 Å². The number of pyridine rings is 1. The number of carbonyl (C=O) groups excluding carboxylic acids is 1. The Morgan fingerprint density at radius 3 is 2.73 bits per heavy atom. The van der Waals surface area contributed by atoms with E-state index in [-0.39, 0.29) is 22.8 Å². The molecule has 1 amide bonds. The van der Waals surface area contributed by atoms with Gasteiger partial charge in [0.1, 0.15) is 11.6 Å². The molecule has 33 heavy (non-hydrogen) atoms. The van der Waals surface area contributed by atoms with Gasteiger partial charge in [-0.3, -0.25) is 9.78 Å². The zero-order valence-corrected chi connectivity index (χ0v) is 19.0. The second-order valence-corrected chi connectivity index (χ2v) is 9.19. The van der Waals surface area contributed by atoms with Gasteiger partial charge in [0.25, 0.3) is 5.91 Å². The number of carbonyl (C=O) groups is 1. The second kappa shape index (κ2) is 10.7. The van der Waals surface area contributed by atoms with E-state index in [2.05, 4.69) is 10.3 Å². The van der Waals surface area contributed by atoms with Crippen LogP contribution >= 0.6 is 0 Å². The van der Waals surface area contributed by atoms with Gasteiger partial charge in [-0.25, -0.2) is 12.8 Å². The molecule has 0 spiro atoms. The summed E-state index contributed by atoms with van der Waals surface area (Å²) in [4.78, 5) is 18.3. The normalized spacial score (nSPS) is 11.4. The Morgan fingerprint density at radius 2 is 1.97 bits per heavy atom. The van der Waals surface area contributed by atoms with Gasteiger partial charge < -0.3 is 15.0 Å². The maximum atomic E-state index is 13.5. The first-order chi connectivity index (χ1) is 15.8. The third kappa shape index (κ3) is 6.17. The monoisotopic (exact) mass is 469 g/mol. The van der Waals surface area contributed by atoms with E-state index in [1.165, 1.54) is 48.6 Å². The van der Waals surface area contributed by atoms with Crippen molar-refractivity contribution in [2.24, 2.45) is 0 Å². The predicted octanol–water partition coefficient (Wildman–Crippen LogP) is 3.90. The molecule has 1 aromatic heterocycles. The molecular formula is C24H24FN3O4S. The molecule has 0 unspecified atom stereocenters. The Hall–Kier alpha value is -3.72. The summed E-state index contributed by atoms with van der Waals surface area (Å²) < 4.78 is 44.6. The SMILES string of the molecule is COc1ccncc1NC=CCS(=O)(=O)c1ccccc1C(=O)N(C)Cc1cccc(F)c1. The Labute approximate surface area is 192 Å². The van der Waals surface area contributed by atoms with Crippen molar-refractivity contribution in [3.63, 3.8) is 0 Å². The molecular weight excluding hydrogens is 445 g/mol. The zero-order valence-electron chi connectivity index (χ0n) is 18.2. The average molecular weight is 470 g/mol. The molecule has 3 aromatic rings. The highest BCUT2D eigenvalue weighted by Gasteiger charge is 2.23. The molecule has 9 heteroatoms. The van der Waals surface area contributed by atoms with Crippen LogP contribution in [0.3, 0.4) is 0 Å². The summed E-state index contributed by atoms with van der Waals surface area (Å²) in [6, 6.07) is 13.6. The molecule has 0 aliphatic rings. The summed E-state index contributed by atoms with van der Waals surface area (Å²) in [5, 5.41) is 2.94. The summed E-state index contributed by atoms with van der Waals surface area (Å²) in [5.41, 5.74) is 1.25. The molecule has 0 aliphatic carbocycles. The fraction of sp³-hybridized carbons (Fsp3) is 0.167.